The average Bonchev–Trinajstić information content (AvgIpc) is 2.22. The van der Waals surface area contributed by atoms with Gasteiger partial charge < -0.3 is 5.73 Å². The molecule has 0 saturated heterocycles. The van der Waals surface area contributed by atoms with Crippen molar-refractivity contribution in [1.29, 1.82) is 0 Å². The minimum absolute atomic E-state index is 0.0561. The fraction of sp³-hybridized carbons (Fsp3) is 0.909. The zero-order valence-corrected chi connectivity index (χ0v) is 11.1. The molecule has 0 fully saturated rings. The Morgan fingerprint density at radius 1 is 1.19 bits per heavy atom. The first-order valence-corrected chi connectivity index (χ1v) is 7.73. The Morgan fingerprint density at radius 2 is 1.81 bits per heavy atom. The highest BCUT2D eigenvalue weighted by Gasteiger charge is 2.17. The van der Waals surface area contributed by atoms with Crippen LogP contribution in [0.5, 0.6) is 0 Å². The van der Waals surface area contributed by atoms with Crippen molar-refractivity contribution in [3.05, 3.63) is 0 Å². The normalized spacial score (nSPS) is 13.7. The first kappa shape index (κ1) is 15.6. The van der Waals surface area contributed by atoms with Crippen molar-refractivity contribution in [3.63, 3.8) is 0 Å². The van der Waals surface area contributed by atoms with Crippen molar-refractivity contribution in [3.8, 4) is 0 Å². The lowest BCUT2D eigenvalue weighted by molar-refractivity contribution is -0.120. The predicted molar refractivity (Wildman–Crippen MR) is 66.1 cm³/mol. The molecule has 0 aliphatic rings. The number of unbranched alkanes of at least 4 members (excludes halogenated alkanes) is 1. The molecule has 1 unspecified atom stereocenters. The zero-order chi connectivity index (χ0) is 12.6. The van der Waals surface area contributed by atoms with E-state index in [4.69, 9.17) is 5.73 Å². The van der Waals surface area contributed by atoms with Crippen LogP contribution in [0.3, 0.4) is 0 Å². The van der Waals surface area contributed by atoms with Gasteiger partial charge in [0.15, 0.2) is 15.6 Å². The molecule has 16 heavy (non-hydrogen) atoms. The molecule has 0 amide bonds. The Labute approximate surface area is 98.5 Å². The highest BCUT2D eigenvalue weighted by atomic mass is 32.2. The molecule has 0 bridgehead atoms. The van der Waals surface area contributed by atoms with E-state index >= 15 is 0 Å². The first-order chi connectivity index (χ1) is 7.43. The summed E-state index contributed by atoms with van der Waals surface area (Å²) >= 11 is 0. The third-order valence-electron chi connectivity index (χ3n) is 2.46. The van der Waals surface area contributed by atoms with Crippen molar-refractivity contribution in [2.75, 3.05) is 11.5 Å². The lowest BCUT2D eigenvalue weighted by atomic mass is 10.1. The summed E-state index contributed by atoms with van der Waals surface area (Å²) in [6.07, 6.45) is 3.22. The Bertz CT molecular complexity index is 298. The summed E-state index contributed by atoms with van der Waals surface area (Å²) in [5, 5.41) is 0. The molecule has 96 valence electrons. The quantitative estimate of drug-likeness (QED) is 0.668. The molecule has 0 radical (unpaired) electrons. The molecule has 0 aliphatic carbocycles. The van der Waals surface area contributed by atoms with Gasteiger partial charge in [-0.25, -0.2) is 8.42 Å². The molecule has 4 nitrogen and oxygen atoms in total. The van der Waals surface area contributed by atoms with Gasteiger partial charge in [-0.15, -0.1) is 0 Å². The Balaban J connectivity index is 3.97. The van der Waals surface area contributed by atoms with Gasteiger partial charge >= 0.3 is 0 Å². The van der Waals surface area contributed by atoms with Crippen molar-refractivity contribution in [2.45, 2.75) is 52.0 Å². The van der Waals surface area contributed by atoms with Crippen LogP contribution >= 0.6 is 0 Å². The molecular formula is C11H23NO3S. The predicted octanol–water partition coefficient (Wildman–Crippen LogP) is 1.29. The minimum Gasteiger partial charge on any atom is -0.322 e. The number of Topliss-reactive ketones (excluding diaryl/α,β-unsaturated/α-hetero) is 1. The van der Waals surface area contributed by atoms with Gasteiger partial charge in [0.05, 0.1) is 11.8 Å². The van der Waals surface area contributed by atoms with E-state index in [-0.39, 0.29) is 23.7 Å². The van der Waals surface area contributed by atoms with Crippen LogP contribution in [0.15, 0.2) is 0 Å². The van der Waals surface area contributed by atoms with E-state index in [1.165, 1.54) is 0 Å². The molecule has 1 atom stereocenters. The van der Waals surface area contributed by atoms with E-state index in [0.717, 1.165) is 12.8 Å². The number of carbonyl (C=O) groups excluding carboxylic acids is 1. The molecule has 0 aromatic rings. The molecule has 0 heterocycles. The van der Waals surface area contributed by atoms with Gasteiger partial charge in [0, 0.05) is 12.2 Å². The maximum Gasteiger partial charge on any atom is 0.150 e. The minimum atomic E-state index is -3.06. The molecular weight excluding hydrogens is 226 g/mol. The van der Waals surface area contributed by atoms with E-state index in [0.29, 0.717) is 12.8 Å². The van der Waals surface area contributed by atoms with Crippen LogP contribution in [0.2, 0.25) is 0 Å². The summed E-state index contributed by atoms with van der Waals surface area (Å²) in [7, 11) is -3.06. The molecule has 0 aromatic carbocycles. The smallest absolute Gasteiger partial charge is 0.150 e. The van der Waals surface area contributed by atoms with Gasteiger partial charge in [-0.3, -0.25) is 4.79 Å². The lowest BCUT2D eigenvalue weighted by Gasteiger charge is -2.09. The highest BCUT2D eigenvalue weighted by molar-refractivity contribution is 7.91. The van der Waals surface area contributed by atoms with Crippen LogP contribution in [0, 0.1) is 0 Å². The number of rotatable bonds is 9. The van der Waals surface area contributed by atoms with Crippen LogP contribution in [-0.4, -0.2) is 31.7 Å². The molecule has 0 aromatic heterocycles. The number of carbonyl (C=O) groups is 1. The Kier molecular flexibility index (Phi) is 7.58. The molecule has 0 aliphatic heterocycles. The lowest BCUT2D eigenvalue weighted by Crippen LogP contribution is -2.31. The molecule has 5 heteroatoms. The van der Waals surface area contributed by atoms with Gasteiger partial charge in [-0.05, 0) is 12.8 Å². The van der Waals surface area contributed by atoms with E-state index in [1.54, 1.807) is 0 Å². The number of hydrogen-bond donors (Lipinski definition) is 1. The van der Waals surface area contributed by atoms with Crippen molar-refractivity contribution in [2.24, 2.45) is 5.73 Å². The van der Waals surface area contributed by atoms with Gasteiger partial charge in [0.2, 0.25) is 0 Å². The monoisotopic (exact) mass is 249 g/mol. The van der Waals surface area contributed by atoms with E-state index in [2.05, 4.69) is 0 Å². The summed E-state index contributed by atoms with van der Waals surface area (Å²) in [4.78, 5) is 11.5. The van der Waals surface area contributed by atoms with E-state index < -0.39 is 15.9 Å². The van der Waals surface area contributed by atoms with Crippen LogP contribution in [0.4, 0.5) is 0 Å². The fourth-order valence-corrected chi connectivity index (χ4v) is 2.78. The third kappa shape index (κ3) is 6.95. The maximum atomic E-state index is 11.5. The number of hydrogen-bond acceptors (Lipinski definition) is 4. The topological polar surface area (TPSA) is 77.2 Å². The van der Waals surface area contributed by atoms with E-state index in [1.807, 2.05) is 13.8 Å². The first-order valence-electron chi connectivity index (χ1n) is 5.91. The summed E-state index contributed by atoms with van der Waals surface area (Å²) in [5.41, 5.74) is 5.66. The van der Waals surface area contributed by atoms with Gasteiger partial charge in [0.25, 0.3) is 0 Å². The standard InChI is InChI=1S/C11H23NO3S/c1-3-5-6-10(12)11(13)7-9-16(14,15)8-4-2/h10H,3-9,12H2,1-2H3. The average molecular weight is 249 g/mol. The van der Waals surface area contributed by atoms with Crippen molar-refractivity contribution < 1.29 is 13.2 Å². The number of ketones is 1. The summed E-state index contributed by atoms with van der Waals surface area (Å²) < 4.78 is 22.8. The second kappa shape index (κ2) is 7.79. The number of sulfone groups is 1. The number of nitrogens with two attached hydrogens (primary N) is 1. The van der Waals surface area contributed by atoms with E-state index in [9.17, 15) is 13.2 Å². The van der Waals surface area contributed by atoms with Gasteiger partial charge in [0.1, 0.15) is 0 Å². The second-order valence-corrected chi connectivity index (χ2v) is 6.42. The van der Waals surface area contributed by atoms with Crippen LogP contribution in [-0.2, 0) is 14.6 Å². The van der Waals surface area contributed by atoms with Gasteiger partial charge in [-0.1, -0.05) is 26.7 Å². The van der Waals surface area contributed by atoms with Crippen molar-refractivity contribution >= 4 is 15.6 Å². The molecule has 0 saturated carbocycles. The SMILES string of the molecule is CCCCC(N)C(=O)CCS(=O)(=O)CCC. The fourth-order valence-electron chi connectivity index (χ4n) is 1.44. The maximum absolute atomic E-state index is 11.5. The summed E-state index contributed by atoms with van der Waals surface area (Å²) in [6.45, 7) is 3.84. The molecule has 0 spiro atoms. The summed E-state index contributed by atoms with van der Waals surface area (Å²) in [6, 6.07) is -0.489. The Morgan fingerprint density at radius 3 is 2.31 bits per heavy atom. The third-order valence-corrected chi connectivity index (χ3v) is 4.31. The van der Waals surface area contributed by atoms with Crippen LogP contribution in [0.1, 0.15) is 46.0 Å². The molecule has 2 N–H and O–H groups in total. The highest BCUT2D eigenvalue weighted by Crippen LogP contribution is 2.04. The van der Waals surface area contributed by atoms with Crippen LogP contribution in [0.25, 0.3) is 0 Å². The van der Waals surface area contributed by atoms with Gasteiger partial charge in [-0.2, -0.15) is 0 Å². The molecule has 0 rings (SSSR count). The van der Waals surface area contributed by atoms with Crippen molar-refractivity contribution in [1.82, 2.24) is 0 Å². The second-order valence-electron chi connectivity index (χ2n) is 4.12. The Hall–Kier alpha value is -0.420. The largest absolute Gasteiger partial charge is 0.322 e. The zero-order valence-electron chi connectivity index (χ0n) is 10.2. The summed E-state index contributed by atoms with van der Waals surface area (Å²) in [5.74, 6) is -0.0302. The van der Waals surface area contributed by atoms with Crippen LogP contribution < -0.4 is 5.73 Å².